The van der Waals surface area contributed by atoms with Crippen LogP contribution in [-0.4, -0.2) is 30.8 Å². The van der Waals surface area contributed by atoms with Crippen LogP contribution in [0.25, 0.3) is 0 Å². The van der Waals surface area contributed by atoms with Crippen LogP contribution in [0.4, 0.5) is 4.39 Å². The fourth-order valence-corrected chi connectivity index (χ4v) is 2.16. The zero-order valence-electron chi connectivity index (χ0n) is 10.6. The number of aliphatic hydroxyl groups is 1. The SMILES string of the molecule is O=C(NCC(O)c1ccccc1F)C1CCOCC1. The van der Waals surface area contributed by atoms with Crippen molar-refractivity contribution in [2.24, 2.45) is 5.92 Å². The normalized spacial score (nSPS) is 18.0. The molecule has 19 heavy (non-hydrogen) atoms. The molecule has 1 heterocycles. The Labute approximate surface area is 111 Å². The van der Waals surface area contributed by atoms with Crippen molar-refractivity contribution in [1.29, 1.82) is 0 Å². The van der Waals surface area contributed by atoms with Crippen LogP contribution in [0.2, 0.25) is 0 Å². The van der Waals surface area contributed by atoms with Gasteiger partial charge in [0.1, 0.15) is 5.82 Å². The summed E-state index contributed by atoms with van der Waals surface area (Å²) >= 11 is 0. The lowest BCUT2D eigenvalue weighted by Crippen LogP contribution is -2.36. The zero-order valence-corrected chi connectivity index (χ0v) is 10.6. The summed E-state index contributed by atoms with van der Waals surface area (Å²) in [6.45, 7) is 1.21. The van der Waals surface area contributed by atoms with Crippen molar-refractivity contribution in [3.8, 4) is 0 Å². The summed E-state index contributed by atoms with van der Waals surface area (Å²) < 4.78 is 18.6. The average Bonchev–Trinajstić information content (AvgIpc) is 2.46. The first kappa shape index (κ1) is 14.0. The van der Waals surface area contributed by atoms with Gasteiger partial charge < -0.3 is 15.2 Å². The first-order chi connectivity index (χ1) is 9.18. The number of aliphatic hydroxyl groups excluding tert-OH is 1. The smallest absolute Gasteiger partial charge is 0.223 e. The fourth-order valence-electron chi connectivity index (χ4n) is 2.16. The van der Waals surface area contributed by atoms with E-state index in [1.165, 1.54) is 12.1 Å². The summed E-state index contributed by atoms with van der Waals surface area (Å²) in [5.41, 5.74) is 0.203. The van der Waals surface area contributed by atoms with Crippen molar-refractivity contribution in [3.05, 3.63) is 35.6 Å². The third kappa shape index (κ3) is 3.75. The summed E-state index contributed by atoms with van der Waals surface area (Å²) in [5.74, 6) is -0.629. The van der Waals surface area contributed by atoms with Gasteiger partial charge >= 0.3 is 0 Å². The molecule has 1 aromatic carbocycles. The van der Waals surface area contributed by atoms with E-state index in [1.807, 2.05) is 0 Å². The molecule has 1 unspecified atom stereocenters. The molecule has 0 aliphatic carbocycles. The minimum Gasteiger partial charge on any atom is -0.386 e. The van der Waals surface area contributed by atoms with Gasteiger partial charge in [-0.05, 0) is 18.9 Å². The van der Waals surface area contributed by atoms with Gasteiger partial charge in [-0.1, -0.05) is 18.2 Å². The van der Waals surface area contributed by atoms with Crippen LogP contribution in [0.15, 0.2) is 24.3 Å². The number of hydrogen-bond acceptors (Lipinski definition) is 3. The van der Waals surface area contributed by atoms with E-state index in [-0.39, 0.29) is 23.9 Å². The van der Waals surface area contributed by atoms with Crippen LogP contribution in [0.3, 0.4) is 0 Å². The summed E-state index contributed by atoms with van der Waals surface area (Å²) in [7, 11) is 0. The Bertz CT molecular complexity index is 432. The number of ether oxygens (including phenoxy) is 1. The lowest BCUT2D eigenvalue weighted by atomic mass is 9.99. The second-order valence-electron chi connectivity index (χ2n) is 4.67. The number of halogens is 1. The molecule has 1 aromatic rings. The van der Waals surface area contributed by atoms with Crippen LogP contribution in [0.1, 0.15) is 24.5 Å². The van der Waals surface area contributed by atoms with E-state index >= 15 is 0 Å². The average molecular weight is 267 g/mol. The minimum absolute atomic E-state index is 0.0249. The fraction of sp³-hybridized carbons (Fsp3) is 0.500. The number of carbonyl (C=O) groups is 1. The second kappa shape index (κ2) is 6.63. The Balaban J connectivity index is 1.84. The predicted octanol–water partition coefficient (Wildman–Crippen LogP) is 1.40. The standard InChI is InChI=1S/C14H18FNO3/c15-12-4-2-1-3-11(12)13(17)9-16-14(18)10-5-7-19-8-6-10/h1-4,10,13,17H,5-9H2,(H,16,18). The molecule has 2 rings (SSSR count). The molecular formula is C14H18FNO3. The van der Waals surface area contributed by atoms with E-state index in [9.17, 15) is 14.3 Å². The first-order valence-electron chi connectivity index (χ1n) is 6.46. The van der Waals surface area contributed by atoms with Crippen LogP contribution in [-0.2, 0) is 9.53 Å². The molecule has 0 radical (unpaired) electrons. The Morgan fingerprint density at radius 1 is 1.42 bits per heavy atom. The number of benzene rings is 1. The van der Waals surface area contributed by atoms with Crippen LogP contribution in [0, 0.1) is 11.7 Å². The van der Waals surface area contributed by atoms with Crippen molar-refractivity contribution < 1.29 is 19.0 Å². The largest absolute Gasteiger partial charge is 0.386 e. The van der Waals surface area contributed by atoms with Crippen LogP contribution < -0.4 is 5.32 Å². The Kier molecular flexibility index (Phi) is 4.87. The van der Waals surface area contributed by atoms with Crippen molar-refractivity contribution in [1.82, 2.24) is 5.32 Å². The third-order valence-electron chi connectivity index (χ3n) is 3.33. The lowest BCUT2D eigenvalue weighted by Gasteiger charge is -2.22. The van der Waals surface area contributed by atoms with Gasteiger partial charge in [0.15, 0.2) is 0 Å². The highest BCUT2D eigenvalue weighted by atomic mass is 19.1. The molecule has 0 aromatic heterocycles. The predicted molar refractivity (Wildman–Crippen MR) is 67.9 cm³/mol. The summed E-state index contributed by atoms with van der Waals surface area (Å²) in [6, 6.07) is 6.02. The molecule has 1 atom stereocenters. The van der Waals surface area contributed by atoms with Crippen molar-refractivity contribution in [2.45, 2.75) is 18.9 Å². The molecule has 1 fully saturated rings. The van der Waals surface area contributed by atoms with E-state index in [2.05, 4.69) is 5.32 Å². The number of amides is 1. The van der Waals surface area contributed by atoms with E-state index in [4.69, 9.17) is 4.74 Å². The molecule has 1 saturated heterocycles. The van der Waals surface area contributed by atoms with Gasteiger partial charge in [-0.15, -0.1) is 0 Å². The van der Waals surface area contributed by atoms with Gasteiger partial charge in [-0.2, -0.15) is 0 Å². The molecule has 0 bridgehead atoms. The number of nitrogens with one attached hydrogen (secondary N) is 1. The first-order valence-corrected chi connectivity index (χ1v) is 6.46. The second-order valence-corrected chi connectivity index (χ2v) is 4.67. The molecule has 104 valence electrons. The maximum absolute atomic E-state index is 13.4. The van der Waals surface area contributed by atoms with Gasteiger partial charge in [0, 0.05) is 31.2 Å². The maximum Gasteiger partial charge on any atom is 0.223 e. The Morgan fingerprint density at radius 2 is 2.11 bits per heavy atom. The number of hydrogen-bond donors (Lipinski definition) is 2. The van der Waals surface area contributed by atoms with Crippen molar-refractivity contribution >= 4 is 5.91 Å². The molecule has 1 amide bonds. The molecular weight excluding hydrogens is 249 g/mol. The molecule has 4 nitrogen and oxygen atoms in total. The summed E-state index contributed by atoms with van der Waals surface area (Å²) in [4.78, 5) is 11.8. The van der Waals surface area contributed by atoms with Crippen molar-refractivity contribution in [2.75, 3.05) is 19.8 Å². The topological polar surface area (TPSA) is 58.6 Å². The summed E-state index contributed by atoms with van der Waals surface area (Å²) in [5, 5.41) is 12.5. The van der Waals surface area contributed by atoms with E-state index in [0.717, 1.165) is 0 Å². The highest BCUT2D eigenvalue weighted by Gasteiger charge is 2.22. The lowest BCUT2D eigenvalue weighted by molar-refractivity contribution is -0.128. The van der Waals surface area contributed by atoms with Gasteiger partial charge in [-0.25, -0.2) is 4.39 Å². The molecule has 0 saturated carbocycles. The van der Waals surface area contributed by atoms with E-state index in [0.29, 0.717) is 26.1 Å². The number of rotatable bonds is 4. The highest BCUT2D eigenvalue weighted by Crippen LogP contribution is 2.17. The number of carbonyl (C=O) groups excluding carboxylic acids is 1. The third-order valence-corrected chi connectivity index (χ3v) is 3.33. The van der Waals surface area contributed by atoms with E-state index < -0.39 is 11.9 Å². The molecule has 2 N–H and O–H groups in total. The molecule has 1 aliphatic rings. The maximum atomic E-state index is 13.4. The zero-order chi connectivity index (χ0) is 13.7. The van der Waals surface area contributed by atoms with Gasteiger partial charge in [-0.3, -0.25) is 4.79 Å². The molecule has 1 aliphatic heterocycles. The van der Waals surface area contributed by atoms with E-state index in [1.54, 1.807) is 12.1 Å². The molecule has 5 heteroatoms. The van der Waals surface area contributed by atoms with Gasteiger partial charge in [0.2, 0.25) is 5.91 Å². The summed E-state index contributed by atoms with van der Waals surface area (Å²) in [6.07, 6.45) is 0.369. The van der Waals surface area contributed by atoms with Gasteiger partial charge in [0.05, 0.1) is 6.10 Å². The van der Waals surface area contributed by atoms with Crippen LogP contribution in [0.5, 0.6) is 0 Å². The van der Waals surface area contributed by atoms with Gasteiger partial charge in [0.25, 0.3) is 0 Å². The van der Waals surface area contributed by atoms with Crippen molar-refractivity contribution in [3.63, 3.8) is 0 Å². The molecule has 0 spiro atoms. The Morgan fingerprint density at radius 3 is 2.79 bits per heavy atom. The monoisotopic (exact) mass is 267 g/mol. The highest BCUT2D eigenvalue weighted by molar-refractivity contribution is 5.78. The van der Waals surface area contributed by atoms with Crippen LogP contribution >= 0.6 is 0 Å². The Hall–Kier alpha value is -1.46. The quantitative estimate of drug-likeness (QED) is 0.867. The minimum atomic E-state index is -1.02.